The third-order valence-electron chi connectivity index (χ3n) is 2.95. The molecule has 0 unspecified atom stereocenters. The van der Waals surface area contributed by atoms with Crippen molar-refractivity contribution in [3.63, 3.8) is 0 Å². The van der Waals surface area contributed by atoms with Crippen molar-refractivity contribution in [2.75, 3.05) is 5.32 Å². The molecule has 6 nitrogen and oxygen atoms in total. The van der Waals surface area contributed by atoms with E-state index in [4.69, 9.17) is 4.74 Å². The van der Waals surface area contributed by atoms with Gasteiger partial charge in [-0.05, 0) is 40.8 Å². The molecule has 1 amide bonds. The van der Waals surface area contributed by atoms with Gasteiger partial charge in [0.2, 0.25) is 5.00 Å². The first-order valence-electron chi connectivity index (χ1n) is 6.74. The fourth-order valence-electron chi connectivity index (χ4n) is 1.93. The molecule has 3 aromatic rings. The summed E-state index contributed by atoms with van der Waals surface area (Å²) in [4.78, 5) is 25.6. The number of aromatic amines is 1. The number of para-hydroxylation sites is 2. The molecule has 0 bridgehead atoms. The van der Waals surface area contributed by atoms with E-state index in [0.29, 0.717) is 22.2 Å². The summed E-state index contributed by atoms with van der Waals surface area (Å²) in [5.74, 6) is 0.747. The summed E-state index contributed by atoms with van der Waals surface area (Å²) in [7, 11) is 0. The van der Waals surface area contributed by atoms with Crippen molar-refractivity contribution in [1.82, 2.24) is 0 Å². The Morgan fingerprint density at radius 1 is 1.09 bits per heavy atom. The maximum atomic E-state index is 12.4. The normalized spacial score (nSPS) is 10.1. The Balaban J connectivity index is 1.81. The van der Waals surface area contributed by atoms with Crippen molar-refractivity contribution in [3.8, 4) is 11.5 Å². The van der Waals surface area contributed by atoms with Gasteiger partial charge in [0, 0.05) is 0 Å². The molecule has 0 radical (unpaired) electrons. The van der Waals surface area contributed by atoms with Crippen LogP contribution in [0.4, 0.5) is 10.1 Å². The van der Waals surface area contributed by atoms with Gasteiger partial charge in [0.15, 0.2) is 0 Å². The lowest BCUT2D eigenvalue weighted by Gasteiger charge is -2.08. The van der Waals surface area contributed by atoms with Gasteiger partial charge in [0.25, 0.3) is 0 Å². The van der Waals surface area contributed by atoms with Crippen molar-refractivity contribution in [3.05, 3.63) is 71.3 Å². The first kappa shape index (κ1) is 14.9. The number of carbonyl (C=O) groups excluding carboxylic acids is 1. The van der Waals surface area contributed by atoms with Gasteiger partial charge in [-0.15, -0.1) is 4.91 Å². The number of aromatic nitrogens is 1. The minimum Gasteiger partial charge on any atom is -0.456 e. The Morgan fingerprint density at radius 2 is 1.83 bits per heavy atom. The number of H-pyrrole nitrogens is 1. The van der Waals surface area contributed by atoms with E-state index >= 15 is 0 Å². The van der Waals surface area contributed by atoms with Gasteiger partial charge in [0.05, 0.1) is 0 Å². The van der Waals surface area contributed by atoms with Crippen molar-refractivity contribution in [2.45, 2.75) is 0 Å². The molecule has 0 spiro atoms. The zero-order valence-electron chi connectivity index (χ0n) is 11.9. The molecule has 0 fully saturated rings. The van der Waals surface area contributed by atoms with Crippen molar-refractivity contribution >= 4 is 27.4 Å². The third-order valence-corrected chi connectivity index (χ3v) is 3.78. The van der Waals surface area contributed by atoms with E-state index in [2.05, 4.69) is 15.5 Å². The zero-order chi connectivity index (χ0) is 16.1. The standard InChI is InChI=1S/C16H11N3O3S/c20-15(18-16-17-10-14(19-21)23-16)12-8-4-5-9-13(12)22-11-6-2-1-3-7-11/h1-10H,(H,17,18,20)/p+1. The van der Waals surface area contributed by atoms with Crippen LogP contribution in [-0.2, 0) is 0 Å². The molecular formula is C16H12N3O3S+. The van der Waals surface area contributed by atoms with Gasteiger partial charge < -0.3 is 4.74 Å². The van der Waals surface area contributed by atoms with Gasteiger partial charge in [0.1, 0.15) is 23.3 Å². The topological polar surface area (TPSA) is 81.9 Å². The highest BCUT2D eigenvalue weighted by Gasteiger charge is 2.19. The number of benzene rings is 2. The maximum Gasteiger partial charge on any atom is 0.343 e. The van der Waals surface area contributed by atoms with Crippen molar-refractivity contribution in [1.29, 1.82) is 0 Å². The highest BCUT2D eigenvalue weighted by molar-refractivity contribution is 7.18. The molecule has 0 atom stereocenters. The summed E-state index contributed by atoms with van der Waals surface area (Å²) in [6.45, 7) is 0. The predicted octanol–water partition coefficient (Wildman–Crippen LogP) is 4.00. The molecule has 0 saturated carbocycles. The lowest BCUT2D eigenvalue weighted by Crippen LogP contribution is -2.17. The molecule has 114 valence electrons. The molecule has 0 saturated heterocycles. The molecule has 0 aliphatic heterocycles. The fraction of sp³-hybridized carbons (Fsp3) is 0. The van der Waals surface area contributed by atoms with E-state index in [0.717, 1.165) is 11.3 Å². The van der Waals surface area contributed by atoms with Gasteiger partial charge in [-0.1, -0.05) is 30.3 Å². The van der Waals surface area contributed by atoms with Crippen LogP contribution in [-0.4, -0.2) is 5.91 Å². The minimum atomic E-state index is -0.341. The number of hydrogen-bond donors (Lipinski definition) is 1. The summed E-state index contributed by atoms with van der Waals surface area (Å²) < 4.78 is 5.76. The van der Waals surface area contributed by atoms with Crippen molar-refractivity contribution in [2.24, 2.45) is 5.18 Å². The lowest BCUT2D eigenvalue weighted by atomic mass is 10.2. The van der Waals surface area contributed by atoms with Crippen LogP contribution in [0.5, 0.6) is 11.5 Å². The number of nitrogens with one attached hydrogen (secondary N) is 2. The number of thiazole rings is 1. The summed E-state index contributed by atoms with van der Waals surface area (Å²) in [6.07, 6.45) is 1.43. The second-order valence-corrected chi connectivity index (χ2v) is 5.55. The van der Waals surface area contributed by atoms with Gasteiger partial charge in [-0.2, -0.15) is 5.32 Å². The van der Waals surface area contributed by atoms with Crippen LogP contribution in [0.1, 0.15) is 10.4 Å². The molecule has 1 heterocycles. The highest BCUT2D eigenvalue weighted by atomic mass is 32.1. The molecular weight excluding hydrogens is 314 g/mol. The van der Waals surface area contributed by atoms with Crippen LogP contribution in [0.3, 0.4) is 0 Å². The molecule has 0 aliphatic rings. The Morgan fingerprint density at radius 3 is 2.57 bits per heavy atom. The summed E-state index contributed by atoms with van der Waals surface area (Å²) in [5.41, 5.74) is 0.388. The van der Waals surface area contributed by atoms with Gasteiger partial charge in [-0.25, -0.2) is 9.78 Å². The maximum absolute atomic E-state index is 12.4. The molecule has 1 aromatic heterocycles. The number of nitroso groups, excluding NO2 is 1. The molecule has 3 rings (SSSR count). The molecule has 0 aliphatic carbocycles. The largest absolute Gasteiger partial charge is 0.456 e. The molecule has 2 aromatic carbocycles. The second kappa shape index (κ2) is 6.80. The van der Waals surface area contributed by atoms with E-state index in [1.54, 1.807) is 24.3 Å². The number of carbonyl (C=O) groups is 1. The fourth-order valence-corrected chi connectivity index (χ4v) is 2.55. The average molecular weight is 326 g/mol. The van der Waals surface area contributed by atoms with E-state index in [-0.39, 0.29) is 10.9 Å². The van der Waals surface area contributed by atoms with Crippen LogP contribution >= 0.6 is 11.3 Å². The SMILES string of the molecule is O=Nc1c[nH+]c(NC(=O)c2ccccc2Oc2ccccc2)s1. The van der Waals surface area contributed by atoms with Crippen LogP contribution in [0.25, 0.3) is 0 Å². The summed E-state index contributed by atoms with van der Waals surface area (Å²) in [5, 5.41) is 6.18. The number of ether oxygens (including phenoxy) is 1. The predicted molar refractivity (Wildman–Crippen MR) is 87.2 cm³/mol. The Labute approximate surface area is 135 Å². The van der Waals surface area contributed by atoms with Crippen LogP contribution < -0.4 is 15.0 Å². The van der Waals surface area contributed by atoms with Gasteiger partial charge in [-0.3, -0.25) is 0 Å². The van der Waals surface area contributed by atoms with Crippen LogP contribution in [0.15, 0.2) is 66.0 Å². The number of anilines is 1. The smallest absolute Gasteiger partial charge is 0.343 e. The number of amides is 1. The second-order valence-electron chi connectivity index (χ2n) is 4.51. The number of nitrogens with zero attached hydrogens (tertiary/aromatic N) is 1. The van der Waals surface area contributed by atoms with Crippen LogP contribution in [0, 0.1) is 4.91 Å². The minimum absolute atomic E-state index is 0.258. The quantitative estimate of drug-likeness (QED) is 0.719. The lowest BCUT2D eigenvalue weighted by molar-refractivity contribution is -0.353. The first-order chi connectivity index (χ1) is 11.3. The average Bonchev–Trinajstić information content (AvgIpc) is 3.04. The molecule has 2 N–H and O–H groups in total. The van der Waals surface area contributed by atoms with E-state index in [9.17, 15) is 9.70 Å². The van der Waals surface area contributed by atoms with Crippen LogP contribution in [0.2, 0.25) is 0 Å². The van der Waals surface area contributed by atoms with Crippen molar-refractivity contribution < 1.29 is 14.5 Å². The van der Waals surface area contributed by atoms with E-state index < -0.39 is 0 Å². The Bertz CT molecular complexity index is 833. The Kier molecular flexibility index (Phi) is 4.39. The highest BCUT2D eigenvalue weighted by Crippen LogP contribution is 2.27. The molecule has 7 heteroatoms. The van der Waals surface area contributed by atoms with E-state index in [1.165, 1.54) is 6.20 Å². The number of hydrogen-bond acceptors (Lipinski definition) is 5. The number of rotatable bonds is 5. The zero-order valence-corrected chi connectivity index (χ0v) is 12.7. The van der Waals surface area contributed by atoms with E-state index in [1.807, 2.05) is 30.3 Å². The van der Waals surface area contributed by atoms with Gasteiger partial charge >= 0.3 is 11.0 Å². The Hall–Kier alpha value is -3.06. The summed E-state index contributed by atoms with van der Waals surface area (Å²) in [6, 6.07) is 16.1. The molecule has 23 heavy (non-hydrogen) atoms. The third kappa shape index (κ3) is 3.58. The summed E-state index contributed by atoms with van der Waals surface area (Å²) >= 11 is 1.06. The first-order valence-corrected chi connectivity index (χ1v) is 7.56. The monoisotopic (exact) mass is 326 g/mol.